The highest BCUT2D eigenvalue weighted by Crippen LogP contribution is 2.18. The van der Waals surface area contributed by atoms with Crippen LogP contribution < -0.4 is 0 Å². The number of hydrogen-bond acceptors (Lipinski definition) is 4. The Bertz CT molecular complexity index is 338. The Kier molecular flexibility index (Phi) is 19.6. The summed E-state index contributed by atoms with van der Waals surface area (Å²) in [6.45, 7) is 15.1. The first-order chi connectivity index (χ1) is 12.2. The molecule has 0 radical (unpaired) electrons. The van der Waals surface area contributed by atoms with Crippen molar-refractivity contribution in [1.29, 1.82) is 0 Å². The van der Waals surface area contributed by atoms with E-state index in [-0.39, 0.29) is 1.43 Å². The molecule has 0 aliphatic carbocycles. The zero-order valence-corrected chi connectivity index (χ0v) is 18.6. The molecule has 0 amide bonds. The molecule has 0 aliphatic heterocycles. The summed E-state index contributed by atoms with van der Waals surface area (Å²) < 4.78 is 35.5. The number of unbranched alkanes of at least 4 members (excludes halogenated alkanes) is 8. The second-order valence-corrected chi connectivity index (χ2v) is 8.29. The van der Waals surface area contributed by atoms with Crippen molar-refractivity contribution in [1.82, 2.24) is 0 Å². The third-order valence-corrected chi connectivity index (χ3v) is 4.94. The average Bonchev–Trinajstić information content (AvgIpc) is 2.54. The zero-order valence-electron chi connectivity index (χ0n) is 18.8. The molecule has 0 rings (SSSR count). The molecule has 0 saturated heterocycles. The lowest BCUT2D eigenvalue weighted by atomic mass is 10.1. The van der Waals surface area contributed by atoms with Crippen LogP contribution in [0.4, 0.5) is 0 Å². The summed E-state index contributed by atoms with van der Waals surface area (Å²) in [5, 5.41) is 0. The Morgan fingerprint density at radius 2 is 0.769 bits per heavy atom. The van der Waals surface area contributed by atoms with Crippen molar-refractivity contribution in [3.05, 3.63) is 0 Å². The van der Waals surface area contributed by atoms with Crippen LogP contribution in [-0.4, -0.2) is 48.2 Å². The van der Waals surface area contributed by atoms with Crippen LogP contribution in [0, 0.1) is 0 Å². The molecular formula is C20H45NO4S. The van der Waals surface area contributed by atoms with Gasteiger partial charge in [-0.05, 0) is 51.4 Å². The standard InChI is InChI=1S/C20H44N.H2O4S/c1-5-9-13-17-21(18-14-10-6-2,19-15-11-7-3)20-16-12-8-4;1-5(2,3)4/h5-20H2,1-4H3;(H2,1,2,3,4)/q+1;/p-1. The highest BCUT2D eigenvalue weighted by atomic mass is 32.3. The third kappa shape index (κ3) is 21.9. The fraction of sp³-hybridized carbons (Fsp3) is 1.00. The van der Waals surface area contributed by atoms with E-state index in [0.29, 0.717) is 0 Å². The number of quaternary nitrogens is 1. The van der Waals surface area contributed by atoms with Crippen LogP contribution in [0.1, 0.15) is 106 Å². The molecule has 0 spiro atoms. The van der Waals surface area contributed by atoms with Gasteiger partial charge in [-0.1, -0.05) is 53.4 Å². The van der Waals surface area contributed by atoms with Gasteiger partial charge in [0, 0.05) is 10.4 Å². The summed E-state index contributed by atoms with van der Waals surface area (Å²) in [5.41, 5.74) is 0. The molecule has 160 valence electrons. The Hall–Kier alpha value is -0.170. The largest absolute Gasteiger partial charge is 1.00 e. The fourth-order valence-electron chi connectivity index (χ4n) is 3.46. The van der Waals surface area contributed by atoms with Gasteiger partial charge in [0.2, 0.25) is 0 Å². The highest BCUT2D eigenvalue weighted by Gasteiger charge is 2.25. The SMILES string of the molecule is CCCCC[N+](CCCCC)(CCCCC)CCCCC.O=S(=O)([O-])[O-].[H+]. The molecule has 0 unspecified atom stereocenters. The molecule has 0 aromatic carbocycles. The number of nitrogens with zero attached hydrogens (tertiary/aromatic N) is 1. The molecule has 0 aliphatic rings. The quantitative estimate of drug-likeness (QED) is 0.153. The highest BCUT2D eigenvalue weighted by molar-refractivity contribution is 7.79. The van der Waals surface area contributed by atoms with E-state index in [9.17, 15) is 0 Å². The summed E-state index contributed by atoms with van der Waals surface area (Å²) >= 11 is 0. The Labute approximate surface area is 165 Å². The molecule has 0 saturated carbocycles. The zero-order chi connectivity index (χ0) is 20.3. The molecule has 0 N–H and O–H groups in total. The second kappa shape index (κ2) is 18.2. The van der Waals surface area contributed by atoms with Gasteiger partial charge in [-0.15, -0.1) is 0 Å². The van der Waals surface area contributed by atoms with Crippen molar-refractivity contribution < 1.29 is 23.4 Å². The van der Waals surface area contributed by atoms with Gasteiger partial charge in [0.15, 0.2) is 0 Å². The minimum Gasteiger partial charge on any atom is -0.759 e. The smallest absolute Gasteiger partial charge is 0.759 e. The molecule has 6 heteroatoms. The molecule has 0 bridgehead atoms. The van der Waals surface area contributed by atoms with Crippen molar-refractivity contribution in [3.8, 4) is 0 Å². The van der Waals surface area contributed by atoms with Crippen LogP contribution in [-0.2, 0) is 10.4 Å². The molecule has 0 fully saturated rings. The van der Waals surface area contributed by atoms with Gasteiger partial charge >= 0.3 is 1.43 Å². The molecule has 26 heavy (non-hydrogen) atoms. The molecule has 0 atom stereocenters. The van der Waals surface area contributed by atoms with Crippen molar-refractivity contribution in [2.75, 3.05) is 26.2 Å². The minimum absolute atomic E-state index is 0. The molecule has 0 heterocycles. The first kappa shape index (κ1) is 28.0. The van der Waals surface area contributed by atoms with E-state index in [1.54, 1.807) is 0 Å². The van der Waals surface area contributed by atoms with Crippen LogP contribution in [0.5, 0.6) is 0 Å². The Balaban J connectivity index is -0.000000844. The molecule has 0 aromatic heterocycles. The predicted octanol–water partition coefficient (Wildman–Crippen LogP) is 5.34. The maximum absolute atomic E-state index is 8.52. The lowest BCUT2D eigenvalue weighted by Gasteiger charge is -2.39. The monoisotopic (exact) mass is 395 g/mol. The van der Waals surface area contributed by atoms with Gasteiger partial charge in [-0.2, -0.15) is 0 Å². The Morgan fingerprint density at radius 1 is 0.577 bits per heavy atom. The van der Waals surface area contributed by atoms with E-state index >= 15 is 0 Å². The average molecular weight is 396 g/mol. The summed E-state index contributed by atoms with van der Waals surface area (Å²) in [7, 11) is -5.17. The van der Waals surface area contributed by atoms with Gasteiger partial charge < -0.3 is 13.6 Å². The molecule has 5 nitrogen and oxygen atoms in total. The van der Waals surface area contributed by atoms with Gasteiger partial charge in [0.1, 0.15) is 0 Å². The van der Waals surface area contributed by atoms with E-state index in [0.717, 1.165) is 0 Å². The van der Waals surface area contributed by atoms with Crippen LogP contribution in [0.3, 0.4) is 0 Å². The van der Waals surface area contributed by atoms with Gasteiger partial charge in [-0.3, -0.25) is 8.42 Å². The van der Waals surface area contributed by atoms with E-state index in [1.165, 1.54) is 108 Å². The van der Waals surface area contributed by atoms with Crippen molar-refractivity contribution >= 4 is 10.4 Å². The summed E-state index contributed by atoms with van der Waals surface area (Å²) in [6.07, 6.45) is 16.9. The topological polar surface area (TPSA) is 80.3 Å². The van der Waals surface area contributed by atoms with Gasteiger partial charge in [0.05, 0.1) is 26.2 Å². The normalized spacial score (nSPS) is 11.9. The first-order valence-electron chi connectivity index (χ1n) is 10.8. The predicted molar refractivity (Wildman–Crippen MR) is 109 cm³/mol. The van der Waals surface area contributed by atoms with Crippen LogP contribution >= 0.6 is 0 Å². The lowest BCUT2D eigenvalue weighted by Crippen LogP contribution is -2.50. The van der Waals surface area contributed by atoms with E-state index in [1.807, 2.05) is 0 Å². The third-order valence-electron chi connectivity index (χ3n) is 4.94. The van der Waals surface area contributed by atoms with Crippen molar-refractivity contribution in [2.45, 2.75) is 105 Å². The fourth-order valence-corrected chi connectivity index (χ4v) is 3.46. The van der Waals surface area contributed by atoms with Crippen LogP contribution in [0.2, 0.25) is 0 Å². The minimum atomic E-state index is -5.17. The van der Waals surface area contributed by atoms with E-state index < -0.39 is 10.4 Å². The van der Waals surface area contributed by atoms with Gasteiger partial charge in [0.25, 0.3) is 0 Å². The molecular weight excluding hydrogens is 350 g/mol. The summed E-state index contributed by atoms with van der Waals surface area (Å²) in [5.74, 6) is 0. The van der Waals surface area contributed by atoms with E-state index in [4.69, 9.17) is 17.5 Å². The van der Waals surface area contributed by atoms with E-state index in [2.05, 4.69) is 27.7 Å². The van der Waals surface area contributed by atoms with Crippen molar-refractivity contribution in [2.24, 2.45) is 0 Å². The van der Waals surface area contributed by atoms with Crippen LogP contribution in [0.25, 0.3) is 0 Å². The number of hydrogen-bond donors (Lipinski definition) is 0. The second-order valence-electron chi connectivity index (χ2n) is 7.47. The summed E-state index contributed by atoms with van der Waals surface area (Å²) in [4.78, 5) is 0. The first-order valence-corrected chi connectivity index (χ1v) is 12.1. The maximum atomic E-state index is 8.52. The lowest BCUT2D eigenvalue weighted by molar-refractivity contribution is -0.929. The summed E-state index contributed by atoms with van der Waals surface area (Å²) in [6, 6.07) is 0. The number of rotatable bonds is 16. The maximum Gasteiger partial charge on any atom is 1.00 e. The Morgan fingerprint density at radius 3 is 0.923 bits per heavy atom. The van der Waals surface area contributed by atoms with Gasteiger partial charge in [-0.25, -0.2) is 0 Å². The van der Waals surface area contributed by atoms with Crippen LogP contribution in [0.15, 0.2) is 0 Å². The molecule has 0 aromatic rings. The van der Waals surface area contributed by atoms with Crippen molar-refractivity contribution in [3.63, 3.8) is 0 Å².